The molecule has 2 aromatic rings. The van der Waals surface area contributed by atoms with Gasteiger partial charge in [0.2, 0.25) is 0 Å². The summed E-state index contributed by atoms with van der Waals surface area (Å²) in [5.41, 5.74) is 7.27. The first-order valence-electron chi connectivity index (χ1n) is 6.80. The summed E-state index contributed by atoms with van der Waals surface area (Å²) >= 11 is 0. The molecule has 0 aliphatic carbocycles. The third kappa shape index (κ3) is 5.37. The molecule has 0 bridgehead atoms. The molecule has 0 unspecified atom stereocenters. The van der Waals surface area contributed by atoms with E-state index in [1.54, 1.807) is 18.2 Å². The minimum Gasteiger partial charge on any atom is -0.457 e. The summed E-state index contributed by atoms with van der Waals surface area (Å²) in [6.45, 7) is 0.621. The molecule has 0 spiro atoms. The number of benzene rings is 2. The van der Waals surface area contributed by atoms with Gasteiger partial charge in [-0.15, -0.1) is 13.2 Å². The van der Waals surface area contributed by atoms with Gasteiger partial charge in [0, 0.05) is 17.8 Å². The highest BCUT2D eigenvalue weighted by atomic mass is 19.4. The molecule has 0 aromatic heterocycles. The quantitative estimate of drug-likeness (QED) is 0.843. The van der Waals surface area contributed by atoms with E-state index in [9.17, 15) is 13.2 Å². The molecule has 4 nitrogen and oxygen atoms in total. The third-order valence-electron chi connectivity index (χ3n) is 2.86. The molecule has 0 fully saturated rings. The normalized spacial score (nSPS) is 11.6. The van der Waals surface area contributed by atoms with Crippen molar-refractivity contribution < 1.29 is 22.6 Å². The van der Waals surface area contributed by atoms with Crippen LogP contribution in [0.5, 0.6) is 17.2 Å². The number of nitrogens with two attached hydrogens (primary N) is 1. The van der Waals surface area contributed by atoms with Crippen LogP contribution in [0.1, 0.15) is 5.56 Å². The first-order chi connectivity index (χ1) is 10.7. The van der Waals surface area contributed by atoms with Crippen LogP contribution < -0.4 is 15.2 Å². The fraction of sp³-hybridized carbons (Fsp3) is 0.250. The van der Waals surface area contributed by atoms with E-state index in [1.807, 2.05) is 19.0 Å². The van der Waals surface area contributed by atoms with Gasteiger partial charge in [-0.25, -0.2) is 0 Å². The average Bonchev–Trinajstić information content (AvgIpc) is 2.41. The Hall–Kier alpha value is -2.41. The van der Waals surface area contributed by atoms with Crippen molar-refractivity contribution in [2.75, 3.05) is 19.8 Å². The number of nitrogen functional groups attached to an aromatic ring is 1. The maximum atomic E-state index is 12.1. The molecule has 0 saturated heterocycles. The molecule has 0 amide bonds. The van der Waals surface area contributed by atoms with Crippen LogP contribution in [0.2, 0.25) is 0 Å². The number of hydrogen-bond acceptors (Lipinski definition) is 4. The molecule has 0 heterocycles. The molecule has 2 rings (SSSR count). The van der Waals surface area contributed by atoms with Crippen LogP contribution in [0.15, 0.2) is 42.5 Å². The number of rotatable bonds is 5. The zero-order valence-electron chi connectivity index (χ0n) is 12.7. The van der Waals surface area contributed by atoms with E-state index in [0.717, 1.165) is 5.56 Å². The molecule has 7 heteroatoms. The van der Waals surface area contributed by atoms with E-state index in [4.69, 9.17) is 10.5 Å². The lowest BCUT2D eigenvalue weighted by atomic mass is 10.1. The van der Waals surface area contributed by atoms with Crippen molar-refractivity contribution >= 4 is 5.69 Å². The molecule has 0 radical (unpaired) electrons. The second kappa shape index (κ2) is 6.78. The Morgan fingerprint density at radius 1 is 1.00 bits per heavy atom. The lowest BCUT2D eigenvalue weighted by Crippen LogP contribution is -2.16. The van der Waals surface area contributed by atoms with Crippen molar-refractivity contribution in [3.8, 4) is 17.2 Å². The second-order valence-corrected chi connectivity index (χ2v) is 5.23. The van der Waals surface area contributed by atoms with Gasteiger partial charge in [-0.1, -0.05) is 0 Å². The van der Waals surface area contributed by atoms with Gasteiger partial charge in [-0.3, -0.25) is 0 Å². The fourth-order valence-electron chi connectivity index (χ4n) is 2.00. The maximum Gasteiger partial charge on any atom is 0.573 e. The Labute approximate surface area is 132 Å². The van der Waals surface area contributed by atoms with Gasteiger partial charge >= 0.3 is 6.36 Å². The van der Waals surface area contributed by atoms with Crippen molar-refractivity contribution in [2.45, 2.75) is 12.9 Å². The maximum absolute atomic E-state index is 12.1. The molecule has 0 atom stereocenters. The molecule has 2 N–H and O–H groups in total. The SMILES string of the molecule is CN(C)Cc1cc(N)ccc1Oc1ccc(OC(F)(F)F)cc1. The van der Waals surface area contributed by atoms with Crippen LogP contribution >= 0.6 is 0 Å². The Balaban J connectivity index is 2.16. The first-order valence-corrected chi connectivity index (χ1v) is 6.80. The lowest BCUT2D eigenvalue weighted by molar-refractivity contribution is -0.274. The molecular weight excluding hydrogens is 309 g/mol. The van der Waals surface area contributed by atoms with Crippen molar-refractivity contribution in [1.82, 2.24) is 4.90 Å². The van der Waals surface area contributed by atoms with Crippen LogP contribution in [-0.2, 0) is 6.54 Å². The highest BCUT2D eigenvalue weighted by molar-refractivity contribution is 5.49. The minimum absolute atomic E-state index is 0.296. The summed E-state index contributed by atoms with van der Waals surface area (Å²) in [6, 6.07) is 10.5. The van der Waals surface area contributed by atoms with Crippen LogP contribution in [0.4, 0.5) is 18.9 Å². The summed E-state index contributed by atoms with van der Waals surface area (Å²) in [4.78, 5) is 1.96. The highest BCUT2D eigenvalue weighted by Crippen LogP contribution is 2.30. The Bertz CT molecular complexity index is 655. The summed E-state index contributed by atoms with van der Waals surface area (Å²) in [5.74, 6) is 0.706. The van der Waals surface area contributed by atoms with E-state index in [2.05, 4.69) is 4.74 Å². The van der Waals surface area contributed by atoms with E-state index >= 15 is 0 Å². The monoisotopic (exact) mass is 326 g/mol. The number of nitrogens with zero attached hydrogens (tertiary/aromatic N) is 1. The Morgan fingerprint density at radius 2 is 1.61 bits per heavy atom. The number of hydrogen-bond donors (Lipinski definition) is 1. The molecule has 0 saturated carbocycles. The topological polar surface area (TPSA) is 47.7 Å². The number of halogens is 3. The van der Waals surface area contributed by atoms with Crippen molar-refractivity contribution in [3.63, 3.8) is 0 Å². The predicted molar refractivity (Wildman–Crippen MR) is 81.4 cm³/mol. The van der Waals surface area contributed by atoms with Crippen LogP contribution in [0.3, 0.4) is 0 Å². The molecule has 0 aliphatic heterocycles. The summed E-state index contributed by atoms with van der Waals surface area (Å²) in [6.07, 6.45) is -4.71. The number of anilines is 1. The first kappa shape index (κ1) is 17.0. The predicted octanol–water partition coefficient (Wildman–Crippen LogP) is 4.02. The van der Waals surface area contributed by atoms with Gasteiger partial charge in [-0.2, -0.15) is 0 Å². The van der Waals surface area contributed by atoms with E-state index in [-0.39, 0.29) is 5.75 Å². The summed E-state index contributed by atoms with van der Waals surface area (Å²) in [5, 5.41) is 0. The summed E-state index contributed by atoms with van der Waals surface area (Å²) in [7, 11) is 3.83. The largest absolute Gasteiger partial charge is 0.573 e. The second-order valence-electron chi connectivity index (χ2n) is 5.23. The number of ether oxygens (including phenoxy) is 2. The van der Waals surface area contributed by atoms with Crippen molar-refractivity contribution in [1.29, 1.82) is 0 Å². The Morgan fingerprint density at radius 3 is 2.17 bits per heavy atom. The molecule has 2 aromatic carbocycles. The van der Waals surface area contributed by atoms with Crippen molar-refractivity contribution in [3.05, 3.63) is 48.0 Å². The van der Waals surface area contributed by atoms with Gasteiger partial charge in [0.05, 0.1) is 0 Å². The molecule has 124 valence electrons. The fourth-order valence-corrected chi connectivity index (χ4v) is 2.00. The van der Waals surface area contributed by atoms with E-state index in [1.165, 1.54) is 24.3 Å². The smallest absolute Gasteiger partial charge is 0.457 e. The van der Waals surface area contributed by atoms with Crippen LogP contribution in [-0.4, -0.2) is 25.4 Å². The van der Waals surface area contributed by atoms with Gasteiger partial charge in [0.25, 0.3) is 0 Å². The van der Waals surface area contributed by atoms with Gasteiger partial charge in [0.15, 0.2) is 0 Å². The van der Waals surface area contributed by atoms with E-state index in [0.29, 0.717) is 23.7 Å². The lowest BCUT2D eigenvalue weighted by Gasteiger charge is -2.16. The number of alkyl halides is 3. The van der Waals surface area contributed by atoms with Crippen molar-refractivity contribution in [2.24, 2.45) is 0 Å². The molecule has 0 aliphatic rings. The average molecular weight is 326 g/mol. The van der Waals surface area contributed by atoms with Crippen LogP contribution in [0, 0.1) is 0 Å². The highest BCUT2D eigenvalue weighted by Gasteiger charge is 2.30. The van der Waals surface area contributed by atoms with Gasteiger partial charge in [0.1, 0.15) is 17.2 Å². The van der Waals surface area contributed by atoms with Gasteiger partial charge in [-0.05, 0) is 56.6 Å². The zero-order chi connectivity index (χ0) is 17.0. The molecule has 23 heavy (non-hydrogen) atoms. The molecular formula is C16H17F3N2O2. The van der Waals surface area contributed by atoms with Gasteiger partial charge < -0.3 is 20.1 Å². The summed E-state index contributed by atoms with van der Waals surface area (Å²) < 4.78 is 45.9. The standard InChI is InChI=1S/C16H17F3N2O2/c1-21(2)10-11-9-12(20)3-8-15(11)22-13-4-6-14(7-5-13)23-16(17,18)19/h3-9H,10,20H2,1-2H3. The minimum atomic E-state index is -4.71. The van der Waals surface area contributed by atoms with Crippen LogP contribution in [0.25, 0.3) is 0 Å². The van der Waals surface area contributed by atoms with E-state index < -0.39 is 6.36 Å². The zero-order valence-corrected chi connectivity index (χ0v) is 12.7. The Kier molecular flexibility index (Phi) is 5.00. The third-order valence-corrected chi connectivity index (χ3v) is 2.86.